The van der Waals surface area contributed by atoms with Crippen LogP contribution in [0.5, 0.6) is 0 Å². The van der Waals surface area contributed by atoms with Gasteiger partial charge in [0.2, 0.25) is 0 Å². The lowest BCUT2D eigenvalue weighted by Gasteiger charge is -2.18. The Labute approximate surface area is 306 Å². The Kier molecular flexibility index (Phi) is 12.8. The van der Waals surface area contributed by atoms with Gasteiger partial charge >= 0.3 is 12.4 Å². The molecule has 6 nitrogen and oxygen atoms in total. The number of ketones is 1. The molecule has 0 saturated heterocycles. The van der Waals surface area contributed by atoms with Crippen molar-refractivity contribution in [2.75, 3.05) is 33.0 Å². The van der Waals surface area contributed by atoms with Crippen LogP contribution in [0.15, 0.2) is 91.0 Å². The van der Waals surface area contributed by atoms with Gasteiger partial charge in [0, 0.05) is 58.4 Å². The average molecular weight is 765 g/mol. The number of aromatic nitrogens is 2. The molecule has 0 spiro atoms. The largest absolute Gasteiger partial charge is 0.417 e. The summed E-state index contributed by atoms with van der Waals surface area (Å²) in [6, 6.07) is 21.2. The summed E-state index contributed by atoms with van der Waals surface area (Å²) in [5.41, 5.74) is 4.60. The molecule has 0 unspecified atom stereocenters. The normalized spacial score (nSPS) is 12.0. The Morgan fingerprint density at radius 1 is 0.731 bits per heavy atom. The Bertz CT molecular complexity index is 1960. The predicted molar refractivity (Wildman–Crippen MR) is 188 cm³/mol. The molecule has 1 heterocycles. The summed E-state index contributed by atoms with van der Waals surface area (Å²) < 4.78 is 96.7. The molecule has 0 radical (unpaired) electrons. The van der Waals surface area contributed by atoms with Crippen LogP contribution in [0.4, 0.5) is 26.3 Å². The lowest BCUT2D eigenvalue weighted by Crippen LogP contribution is -2.14. The molecule has 274 valence electrons. The minimum absolute atomic E-state index is 0.0548. The third kappa shape index (κ3) is 9.81. The summed E-state index contributed by atoms with van der Waals surface area (Å²) in [7, 11) is 0. The Morgan fingerprint density at radius 3 is 1.90 bits per heavy atom. The topological polar surface area (TPSA) is 79.4 Å². The number of Topliss-reactive ketones (excluding diaryl/α,β-unsaturated/α-hetero) is 1. The van der Waals surface area contributed by atoms with Crippen LogP contribution in [-0.2, 0) is 28.4 Å². The van der Waals surface area contributed by atoms with Gasteiger partial charge in [0.1, 0.15) is 5.82 Å². The number of hydrogen-bond acceptors (Lipinski definition) is 5. The third-order valence-corrected chi connectivity index (χ3v) is 8.54. The SMILES string of the molecule is NCCOCCOCCCC(=O)c1ccc(Cn2c(-c3ccc(C(F)(F)F)cc3C(F)(F)F)nc(-c3ccc(Cl)cc3)c2-c2ccc(Cl)cc2)cc1. The molecule has 0 bridgehead atoms. The number of carbonyl (C=O) groups is 1. The molecule has 0 aliphatic heterocycles. The van der Waals surface area contributed by atoms with Gasteiger partial charge in [0.15, 0.2) is 5.78 Å². The maximum atomic E-state index is 14.5. The molecule has 4 aromatic carbocycles. The van der Waals surface area contributed by atoms with Gasteiger partial charge in [0.25, 0.3) is 0 Å². The molecular formula is C38H33Cl2F6N3O3. The van der Waals surface area contributed by atoms with E-state index in [1.165, 1.54) is 4.57 Å². The molecule has 0 aliphatic carbocycles. The zero-order valence-electron chi connectivity index (χ0n) is 27.5. The second-order valence-electron chi connectivity index (χ2n) is 11.7. The Hall–Kier alpha value is -4.20. The molecule has 0 atom stereocenters. The Morgan fingerprint density at radius 2 is 1.33 bits per heavy atom. The van der Waals surface area contributed by atoms with Crippen LogP contribution in [0.2, 0.25) is 10.0 Å². The van der Waals surface area contributed by atoms with E-state index in [9.17, 15) is 31.1 Å². The van der Waals surface area contributed by atoms with Gasteiger partial charge in [-0.1, -0.05) is 77.8 Å². The first-order valence-electron chi connectivity index (χ1n) is 16.1. The highest BCUT2D eigenvalue weighted by Crippen LogP contribution is 2.44. The first kappa shape index (κ1) is 39.0. The second kappa shape index (κ2) is 17.1. The molecule has 14 heteroatoms. The molecule has 5 rings (SSSR count). The van der Waals surface area contributed by atoms with Crippen molar-refractivity contribution in [1.29, 1.82) is 0 Å². The molecule has 0 saturated carbocycles. The number of ether oxygens (including phenoxy) is 2. The first-order chi connectivity index (χ1) is 24.8. The third-order valence-electron chi connectivity index (χ3n) is 8.04. The quantitative estimate of drug-likeness (QED) is 0.0653. The molecule has 0 aliphatic rings. The minimum Gasteiger partial charge on any atom is -0.379 e. The van der Waals surface area contributed by atoms with E-state index in [2.05, 4.69) is 4.98 Å². The molecule has 52 heavy (non-hydrogen) atoms. The maximum absolute atomic E-state index is 14.5. The molecule has 0 fully saturated rings. The van der Waals surface area contributed by atoms with Crippen molar-refractivity contribution in [2.24, 2.45) is 5.73 Å². The highest BCUT2D eigenvalue weighted by molar-refractivity contribution is 6.31. The number of nitrogens with zero attached hydrogens (tertiary/aromatic N) is 2. The monoisotopic (exact) mass is 763 g/mol. The van der Waals surface area contributed by atoms with Gasteiger partial charge in [0.05, 0.1) is 42.3 Å². The number of rotatable bonds is 15. The van der Waals surface area contributed by atoms with E-state index in [4.69, 9.17) is 38.4 Å². The van der Waals surface area contributed by atoms with Crippen LogP contribution in [0.25, 0.3) is 33.9 Å². The van der Waals surface area contributed by atoms with E-state index in [1.54, 1.807) is 72.8 Å². The van der Waals surface area contributed by atoms with Gasteiger partial charge in [-0.25, -0.2) is 4.98 Å². The minimum atomic E-state index is -5.15. The molecular weight excluding hydrogens is 731 g/mol. The maximum Gasteiger partial charge on any atom is 0.417 e. The molecule has 5 aromatic rings. The average Bonchev–Trinajstić information content (AvgIpc) is 3.47. The van der Waals surface area contributed by atoms with Gasteiger partial charge in [-0.3, -0.25) is 4.79 Å². The summed E-state index contributed by atoms with van der Waals surface area (Å²) in [6.45, 7) is 1.96. The number of nitrogens with two attached hydrogens (primary N) is 1. The van der Waals surface area contributed by atoms with E-state index in [1.807, 2.05) is 0 Å². The van der Waals surface area contributed by atoms with Crippen LogP contribution < -0.4 is 5.73 Å². The van der Waals surface area contributed by atoms with Crippen molar-refractivity contribution in [3.05, 3.63) is 123 Å². The lowest BCUT2D eigenvalue weighted by molar-refractivity contribution is -0.142. The zero-order chi connectivity index (χ0) is 37.5. The number of imidazole rings is 1. The highest BCUT2D eigenvalue weighted by atomic mass is 35.5. The summed E-state index contributed by atoms with van der Waals surface area (Å²) in [5, 5.41) is 0.821. The van der Waals surface area contributed by atoms with Gasteiger partial charge in [-0.15, -0.1) is 0 Å². The fourth-order valence-electron chi connectivity index (χ4n) is 5.54. The smallest absolute Gasteiger partial charge is 0.379 e. The second-order valence-corrected chi connectivity index (χ2v) is 12.6. The van der Waals surface area contributed by atoms with E-state index in [0.717, 1.165) is 6.07 Å². The molecule has 2 N–H and O–H groups in total. The van der Waals surface area contributed by atoms with E-state index >= 15 is 0 Å². The summed E-state index contributed by atoms with van der Waals surface area (Å²) >= 11 is 12.3. The standard InChI is InChI=1S/C38H33Cl2F6N3O3/c39-29-12-7-26(8-13-29)34-35(27-9-14-30(40)15-10-27)49(36(48-34)31-16-11-28(37(41,42)43)22-32(31)38(44,45)46)23-24-3-5-25(6-4-24)33(50)2-1-18-51-20-21-52-19-17-47/h3-16,22H,1-2,17-21,23,47H2. The summed E-state index contributed by atoms with van der Waals surface area (Å²) in [6.07, 6.45) is -9.45. The van der Waals surface area contributed by atoms with Crippen molar-refractivity contribution < 1.29 is 40.6 Å². The van der Waals surface area contributed by atoms with Crippen LogP contribution in [-0.4, -0.2) is 48.3 Å². The first-order valence-corrected chi connectivity index (χ1v) is 16.9. The van der Waals surface area contributed by atoms with Crippen molar-refractivity contribution in [2.45, 2.75) is 31.7 Å². The van der Waals surface area contributed by atoms with E-state index < -0.39 is 29.0 Å². The van der Waals surface area contributed by atoms with Crippen molar-refractivity contribution in [3.8, 4) is 33.9 Å². The fourth-order valence-corrected chi connectivity index (χ4v) is 5.79. The molecule has 0 amide bonds. The van der Waals surface area contributed by atoms with Gasteiger partial charge in [-0.05, 0) is 48.4 Å². The van der Waals surface area contributed by atoms with Crippen molar-refractivity contribution in [1.82, 2.24) is 9.55 Å². The van der Waals surface area contributed by atoms with Gasteiger partial charge < -0.3 is 19.8 Å². The number of halogens is 8. The number of hydrogen-bond donors (Lipinski definition) is 1. The van der Waals surface area contributed by atoms with Crippen LogP contribution in [0.1, 0.15) is 39.9 Å². The molecule has 1 aromatic heterocycles. The van der Waals surface area contributed by atoms with Gasteiger partial charge in [-0.2, -0.15) is 26.3 Å². The lowest BCUT2D eigenvalue weighted by atomic mass is 10.0. The fraction of sp³-hybridized carbons (Fsp3) is 0.263. The summed E-state index contributed by atoms with van der Waals surface area (Å²) in [4.78, 5) is 17.6. The van der Waals surface area contributed by atoms with E-state index in [-0.39, 0.29) is 36.3 Å². The van der Waals surface area contributed by atoms with Crippen LogP contribution >= 0.6 is 23.2 Å². The van der Waals surface area contributed by atoms with Crippen LogP contribution in [0, 0.1) is 0 Å². The van der Waals surface area contributed by atoms with Crippen molar-refractivity contribution >= 4 is 29.0 Å². The number of carbonyl (C=O) groups excluding carboxylic acids is 1. The van der Waals surface area contributed by atoms with E-state index in [0.29, 0.717) is 83.5 Å². The number of alkyl halides is 6. The Balaban J connectivity index is 1.56. The highest BCUT2D eigenvalue weighted by Gasteiger charge is 2.39. The number of benzene rings is 4. The summed E-state index contributed by atoms with van der Waals surface area (Å²) in [5.74, 6) is -0.339. The van der Waals surface area contributed by atoms with Crippen LogP contribution in [0.3, 0.4) is 0 Å². The predicted octanol–water partition coefficient (Wildman–Crippen LogP) is 10.2. The zero-order valence-corrected chi connectivity index (χ0v) is 29.0. The van der Waals surface area contributed by atoms with Crippen molar-refractivity contribution in [3.63, 3.8) is 0 Å².